The molecule has 0 fully saturated rings. The Morgan fingerprint density at radius 1 is 1.67 bits per heavy atom. The first-order chi connectivity index (χ1) is 4.22. The molecule has 0 saturated carbocycles. The zero-order chi connectivity index (χ0) is 6.85. The van der Waals surface area contributed by atoms with Crippen molar-refractivity contribution in [1.82, 2.24) is 4.90 Å². The average molecular weight is 128 g/mol. The molecule has 0 radical (unpaired) electrons. The molecular weight excluding hydrogens is 116 g/mol. The van der Waals surface area contributed by atoms with Gasteiger partial charge in [-0.3, -0.25) is 5.73 Å². The Balaban J connectivity index is 2.49. The molecule has 1 heterocycles. The summed E-state index contributed by atoms with van der Waals surface area (Å²) in [5.41, 5.74) is 5.52. The van der Waals surface area contributed by atoms with Gasteiger partial charge < -0.3 is 9.64 Å². The first-order valence-corrected chi connectivity index (χ1v) is 3.07. The van der Waals surface area contributed by atoms with E-state index < -0.39 is 0 Å². The third-order valence-corrected chi connectivity index (χ3v) is 1.34. The molecule has 0 aromatic rings. The molecule has 0 spiro atoms. The Morgan fingerprint density at radius 2 is 2.33 bits per heavy atom. The number of nitrogens with zero attached hydrogens (tertiary/aromatic N) is 1. The van der Waals surface area contributed by atoms with Crippen molar-refractivity contribution in [3.05, 3.63) is 12.5 Å². The van der Waals surface area contributed by atoms with Crippen molar-refractivity contribution in [2.24, 2.45) is 5.73 Å². The van der Waals surface area contributed by atoms with Crippen LogP contribution in [0.1, 0.15) is 13.8 Å². The fraction of sp³-hybridized carbons (Fsp3) is 0.667. The van der Waals surface area contributed by atoms with E-state index in [0.29, 0.717) is 6.04 Å². The Kier molecular flexibility index (Phi) is 1.62. The summed E-state index contributed by atoms with van der Waals surface area (Å²) in [5, 5.41) is 0. The molecule has 1 aliphatic heterocycles. The molecule has 1 unspecified atom stereocenters. The van der Waals surface area contributed by atoms with Gasteiger partial charge in [0.25, 0.3) is 0 Å². The maximum absolute atomic E-state index is 5.52. The fourth-order valence-electron chi connectivity index (χ4n) is 0.807. The standard InChI is InChI=1S/C6H12N2O/c1-5(2)8-3-4-9-6(8)7/h3-6H,7H2,1-2H3. The minimum atomic E-state index is -0.273. The maximum Gasteiger partial charge on any atom is 0.226 e. The lowest BCUT2D eigenvalue weighted by atomic mass is 10.3. The summed E-state index contributed by atoms with van der Waals surface area (Å²) in [5.74, 6) is 0. The van der Waals surface area contributed by atoms with Gasteiger partial charge in [0.2, 0.25) is 6.35 Å². The van der Waals surface area contributed by atoms with Crippen LogP contribution in [0.3, 0.4) is 0 Å². The van der Waals surface area contributed by atoms with Crippen molar-refractivity contribution in [2.45, 2.75) is 26.2 Å². The summed E-state index contributed by atoms with van der Waals surface area (Å²) in [7, 11) is 0. The van der Waals surface area contributed by atoms with Crippen molar-refractivity contribution < 1.29 is 4.74 Å². The Hall–Kier alpha value is -0.700. The number of ether oxygens (including phenoxy) is 1. The second-order valence-electron chi connectivity index (χ2n) is 2.35. The lowest BCUT2D eigenvalue weighted by molar-refractivity contribution is 0.0462. The van der Waals surface area contributed by atoms with Gasteiger partial charge >= 0.3 is 0 Å². The molecule has 3 nitrogen and oxygen atoms in total. The second kappa shape index (κ2) is 2.27. The number of nitrogens with two attached hydrogens (primary N) is 1. The summed E-state index contributed by atoms with van der Waals surface area (Å²) in [4.78, 5) is 1.94. The number of hydrogen-bond acceptors (Lipinski definition) is 3. The monoisotopic (exact) mass is 128 g/mol. The van der Waals surface area contributed by atoms with Crippen LogP contribution in [0.5, 0.6) is 0 Å². The van der Waals surface area contributed by atoms with Crippen LogP contribution in [0.15, 0.2) is 12.5 Å². The smallest absolute Gasteiger partial charge is 0.226 e. The quantitative estimate of drug-likeness (QED) is 0.557. The van der Waals surface area contributed by atoms with Gasteiger partial charge in [-0.2, -0.15) is 0 Å². The molecule has 0 aromatic heterocycles. The van der Waals surface area contributed by atoms with E-state index in [9.17, 15) is 0 Å². The highest BCUT2D eigenvalue weighted by Crippen LogP contribution is 2.09. The zero-order valence-corrected chi connectivity index (χ0v) is 5.74. The molecule has 52 valence electrons. The lowest BCUT2D eigenvalue weighted by Crippen LogP contribution is -2.40. The molecule has 0 aliphatic carbocycles. The maximum atomic E-state index is 5.52. The van der Waals surface area contributed by atoms with Crippen LogP contribution in [0, 0.1) is 0 Å². The molecule has 1 aliphatic rings. The third kappa shape index (κ3) is 1.16. The summed E-state index contributed by atoms with van der Waals surface area (Å²) in [6, 6.07) is 0.416. The molecule has 0 aromatic carbocycles. The molecule has 1 atom stereocenters. The van der Waals surface area contributed by atoms with Crippen LogP contribution in [-0.2, 0) is 4.74 Å². The minimum absolute atomic E-state index is 0.273. The second-order valence-corrected chi connectivity index (χ2v) is 2.35. The summed E-state index contributed by atoms with van der Waals surface area (Å²) >= 11 is 0. The minimum Gasteiger partial charge on any atom is -0.464 e. The highest BCUT2D eigenvalue weighted by atomic mass is 16.5. The van der Waals surface area contributed by atoms with Crippen LogP contribution in [0.25, 0.3) is 0 Å². The van der Waals surface area contributed by atoms with Crippen LogP contribution < -0.4 is 5.73 Å². The van der Waals surface area contributed by atoms with E-state index in [1.54, 1.807) is 6.26 Å². The summed E-state index contributed by atoms with van der Waals surface area (Å²) in [6.45, 7) is 4.14. The molecule has 1 rings (SSSR count). The van der Waals surface area contributed by atoms with E-state index in [4.69, 9.17) is 10.5 Å². The molecule has 0 saturated heterocycles. The van der Waals surface area contributed by atoms with Crippen molar-refractivity contribution in [3.63, 3.8) is 0 Å². The predicted molar refractivity (Wildman–Crippen MR) is 35.2 cm³/mol. The third-order valence-electron chi connectivity index (χ3n) is 1.34. The molecule has 3 heteroatoms. The van der Waals surface area contributed by atoms with Crippen molar-refractivity contribution in [2.75, 3.05) is 0 Å². The normalized spacial score (nSPS) is 25.3. The van der Waals surface area contributed by atoms with E-state index in [1.165, 1.54) is 0 Å². The van der Waals surface area contributed by atoms with Gasteiger partial charge in [-0.1, -0.05) is 0 Å². The van der Waals surface area contributed by atoms with Gasteiger partial charge in [0.1, 0.15) is 6.26 Å². The van der Waals surface area contributed by atoms with Crippen LogP contribution in [0.4, 0.5) is 0 Å². The van der Waals surface area contributed by atoms with Gasteiger partial charge in [-0.05, 0) is 13.8 Å². The van der Waals surface area contributed by atoms with Crippen LogP contribution >= 0.6 is 0 Å². The first-order valence-electron chi connectivity index (χ1n) is 3.07. The van der Waals surface area contributed by atoms with Gasteiger partial charge in [0.05, 0.1) is 0 Å². The molecular formula is C6H12N2O. The lowest BCUT2D eigenvalue weighted by Gasteiger charge is -2.23. The molecule has 0 bridgehead atoms. The highest BCUT2D eigenvalue weighted by Gasteiger charge is 2.17. The van der Waals surface area contributed by atoms with Gasteiger partial charge in [0.15, 0.2) is 0 Å². The summed E-state index contributed by atoms with van der Waals surface area (Å²) in [6.07, 6.45) is 3.20. The predicted octanol–water partition coefficient (Wildman–Crippen LogP) is 0.441. The van der Waals surface area contributed by atoms with E-state index in [0.717, 1.165) is 0 Å². The van der Waals surface area contributed by atoms with Crippen molar-refractivity contribution >= 4 is 0 Å². The van der Waals surface area contributed by atoms with E-state index in [1.807, 2.05) is 11.1 Å². The van der Waals surface area contributed by atoms with Crippen LogP contribution in [0.2, 0.25) is 0 Å². The topological polar surface area (TPSA) is 38.5 Å². The van der Waals surface area contributed by atoms with E-state index in [2.05, 4.69) is 13.8 Å². The largest absolute Gasteiger partial charge is 0.464 e. The highest BCUT2D eigenvalue weighted by molar-refractivity contribution is 4.85. The summed E-state index contributed by atoms with van der Waals surface area (Å²) < 4.78 is 4.95. The Labute approximate surface area is 55.1 Å². The number of hydrogen-bond donors (Lipinski definition) is 1. The van der Waals surface area contributed by atoms with Crippen molar-refractivity contribution in [1.29, 1.82) is 0 Å². The zero-order valence-electron chi connectivity index (χ0n) is 5.74. The molecule has 2 N–H and O–H groups in total. The van der Waals surface area contributed by atoms with Gasteiger partial charge in [-0.15, -0.1) is 0 Å². The Bertz CT molecular complexity index is 122. The average Bonchev–Trinajstić information content (AvgIpc) is 2.13. The van der Waals surface area contributed by atoms with Gasteiger partial charge in [-0.25, -0.2) is 0 Å². The van der Waals surface area contributed by atoms with E-state index in [-0.39, 0.29) is 6.35 Å². The molecule has 0 amide bonds. The van der Waals surface area contributed by atoms with Crippen molar-refractivity contribution in [3.8, 4) is 0 Å². The first kappa shape index (κ1) is 6.42. The van der Waals surface area contributed by atoms with Crippen LogP contribution in [-0.4, -0.2) is 17.3 Å². The Morgan fingerprint density at radius 3 is 2.56 bits per heavy atom. The molecule has 9 heavy (non-hydrogen) atoms. The van der Waals surface area contributed by atoms with E-state index >= 15 is 0 Å². The van der Waals surface area contributed by atoms with Gasteiger partial charge in [0, 0.05) is 12.2 Å². The SMILES string of the molecule is CC(C)N1C=COC1N. The fourth-order valence-corrected chi connectivity index (χ4v) is 0.807. The number of rotatable bonds is 1.